The Morgan fingerprint density at radius 3 is 0.593 bits per heavy atom. The van der Waals surface area contributed by atoms with Gasteiger partial charge in [0.1, 0.15) is 0 Å². The topological polar surface area (TPSA) is 156 Å². The molecule has 0 unspecified atom stereocenters. The van der Waals surface area contributed by atoms with Gasteiger partial charge in [-0.25, -0.2) is 0 Å². The first-order valence-corrected chi connectivity index (χ1v) is 29.0. The first kappa shape index (κ1) is 52.3. The lowest BCUT2D eigenvalue weighted by Gasteiger charge is -2.40. The summed E-state index contributed by atoms with van der Waals surface area (Å²) in [6.45, 7) is 2.75. The highest BCUT2D eigenvalue weighted by molar-refractivity contribution is 6.05. The van der Waals surface area contributed by atoms with E-state index in [0.29, 0.717) is 39.3 Å². The van der Waals surface area contributed by atoms with Gasteiger partial charge in [-0.05, 0) is 172 Å². The van der Waals surface area contributed by atoms with Crippen molar-refractivity contribution in [3.63, 3.8) is 0 Å². The third-order valence-electron chi connectivity index (χ3n) is 18.5. The van der Waals surface area contributed by atoms with E-state index in [1.165, 1.54) is 100 Å². The Labute approximate surface area is 477 Å². The molecule has 6 nitrogen and oxygen atoms in total. The summed E-state index contributed by atoms with van der Waals surface area (Å²) >= 11 is 0. The summed E-state index contributed by atoms with van der Waals surface area (Å²) in [5.41, 5.74) is 67.9. The zero-order chi connectivity index (χ0) is 55.3. The molecular formula is C75H72N6. The van der Waals surface area contributed by atoms with E-state index in [9.17, 15) is 0 Å². The maximum atomic E-state index is 6.54. The van der Waals surface area contributed by atoms with Gasteiger partial charge < -0.3 is 34.4 Å². The van der Waals surface area contributed by atoms with Crippen LogP contribution < -0.4 is 34.4 Å². The Balaban J connectivity index is 1.26. The van der Waals surface area contributed by atoms with E-state index in [4.69, 9.17) is 34.4 Å². The number of hydrogen-bond acceptors (Lipinski definition) is 6. The summed E-state index contributed by atoms with van der Waals surface area (Å²) in [7, 11) is 0. The average Bonchev–Trinajstić information content (AvgIpc) is 1.66. The predicted octanol–water partition coefficient (Wildman–Crippen LogP) is 12.7. The van der Waals surface area contributed by atoms with Crippen molar-refractivity contribution >= 4 is 0 Å². The number of rotatable bonds is 18. The molecule has 81 heavy (non-hydrogen) atoms. The van der Waals surface area contributed by atoms with Crippen molar-refractivity contribution in [2.75, 3.05) is 0 Å². The molecule has 0 fully saturated rings. The highest BCUT2D eigenvalue weighted by Gasteiger charge is 2.58. The number of benzene rings is 10. The molecule has 0 saturated heterocycles. The summed E-state index contributed by atoms with van der Waals surface area (Å²) in [6.07, 6.45) is 4.45. The molecule has 13 rings (SSSR count). The molecule has 0 saturated carbocycles. The van der Waals surface area contributed by atoms with Crippen LogP contribution in [0.25, 0.3) is 33.4 Å². The van der Waals surface area contributed by atoms with Crippen LogP contribution in [0.2, 0.25) is 0 Å². The highest BCUT2D eigenvalue weighted by Crippen LogP contribution is 2.70. The average molecular weight is 1060 g/mol. The number of nitrogens with two attached hydrogens (primary N) is 6. The Kier molecular flexibility index (Phi) is 13.9. The van der Waals surface area contributed by atoms with Gasteiger partial charge in [-0.1, -0.05) is 218 Å². The van der Waals surface area contributed by atoms with Crippen molar-refractivity contribution in [1.29, 1.82) is 0 Å². The molecule has 0 aliphatic heterocycles. The van der Waals surface area contributed by atoms with Gasteiger partial charge in [-0.15, -0.1) is 0 Å². The summed E-state index contributed by atoms with van der Waals surface area (Å²) in [6, 6.07) is 82.6. The van der Waals surface area contributed by atoms with Gasteiger partial charge in [0.25, 0.3) is 0 Å². The van der Waals surface area contributed by atoms with Gasteiger partial charge in [0.05, 0.1) is 0 Å². The van der Waals surface area contributed by atoms with E-state index in [1.807, 2.05) is 0 Å². The van der Waals surface area contributed by atoms with E-state index in [-0.39, 0.29) is 0 Å². The smallest absolute Gasteiger partial charge is 0.0302 e. The van der Waals surface area contributed by atoms with Crippen molar-refractivity contribution in [3.8, 4) is 33.4 Å². The normalized spacial score (nSPS) is 14.4. The molecule has 0 bridgehead atoms. The fraction of sp³-hybridized carbons (Fsp3) is 0.200. The first-order chi connectivity index (χ1) is 39.7. The van der Waals surface area contributed by atoms with Crippen molar-refractivity contribution in [3.05, 3.63) is 319 Å². The van der Waals surface area contributed by atoms with Gasteiger partial charge in [-0.2, -0.15) is 0 Å². The van der Waals surface area contributed by atoms with Crippen LogP contribution in [-0.4, -0.2) is 0 Å². The van der Waals surface area contributed by atoms with Gasteiger partial charge in [0.2, 0.25) is 0 Å². The third kappa shape index (κ3) is 8.90. The maximum absolute atomic E-state index is 6.54. The molecule has 0 heterocycles. The molecule has 402 valence electrons. The molecule has 0 spiro atoms. The quantitative estimate of drug-likeness (QED) is 0.0503. The van der Waals surface area contributed by atoms with E-state index >= 15 is 0 Å². The molecule has 0 aromatic heterocycles. The van der Waals surface area contributed by atoms with Crippen LogP contribution in [0, 0.1) is 0 Å². The molecule has 6 heteroatoms. The SMILES string of the molecule is NCc1cccc(CC2(Cc3cccc(CN)c3)c3ccccc3-c3c2c2c(c4c3C(Cc3cccc(CN)c3)(Cc3cccc(CN)c3)c3ccccc3-4)C(Cc3cccc(CN)c3)(Cc3cccc(CN)c3)c3ccccc3-2)c1. The molecule has 3 aliphatic carbocycles. The lowest BCUT2D eigenvalue weighted by Crippen LogP contribution is -2.36. The van der Waals surface area contributed by atoms with Crippen LogP contribution in [0.5, 0.6) is 0 Å². The van der Waals surface area contributed by atoms with Crippen LogP contribution in [0.15, 0.2) is 218 Å². The minimum Gasteiger partial charge on any atom is -0.326 e. The molecule has 0 amide bonds. The maximum Gasteiger partial charge on any atom is 0.0302 e. The molecule has 10 aromatic carbocycles. The van der Waals surface area contributed by atoms with Crippen LogP contribution in [0.4, 0.5) is 0 Å². The monoisotopic (exact) mass is 1060 g/mol. The molecule has 12 N–H and O–H groups in total. The summed E-state index contributed by atoms with van der Waals surface area (Å²) in [5.74, 6) is 0. The molecule has 3 aliphatic rings. The van der Waals surface area contributed by atoms with Gasteiger partial charge >= 0.3 is 0 Å². The zero-order valence-corrected chi connectivity index (χ0v) is 46.2. The Bertz CT molecular complexity index is 3440. The summed E-state index contributed by atoms with van der Waals surface area (Å²) in [5, 5.41) is 0. The highest BCUT2D eigenvalue weighted by atomic mass is 14.6. The molecule has 10 aromatic rings. The largest absolute Gasteiger partial charge is 0.326 e. The first-order valence-electron chi connectivity index (χ1n) is 29.0. The van der Waals surface area contributed by atoms with E-state index < -0.39 is 16.2 Å². The fourth-order valence-corrected chi connectivity index (χ4v) is 15.3. The minimum atomic E-state index is -0.590. The van der Waals surface area contributed by atoms with Gasteiger partial charge in [-0.3, -0.25) is 0 Å². The molecule has 0 atom stereocenters. The van der Waals surface area contributed by atoms with E-state index in [2.05, 4.69) is 218 Å². The Morgan fingerprint density at radius 2 is 0.395 bits per heavy atom. The van der Waals surface area contributed by atoms with E-state index in [0.717, 1.165) is 71.9 Å². The van der Waals surface area contributed by atoms with Crippen molar-refractivity contribution in [2.24, 2.45) is 34.4 Å². The van der Waals surface area contributed by atoms with Crippen LogP contribution >= 0.6 is 0 Å². The second-order valence-electron chi connectivity index (χ2n) is 23.3. The lowest BCUT2D eigenvalue weighted by molar-refractivity contribution is 0.501. The minimum absolute atomic E-state index is 0.458. The standard InChI is InChI=1S/C75H72N6/c76-43-55-19-7-13-49(31-55)37-73(38-50-14-8-20-56(32-50)44-77)64-28-4-1-25-61(64)67-70(73)68-63-27-3-6-30-66(63)75(41-53-17-11-23-59(35-53)47-80,42-54-18-12-24-60(36-54)48-81)72(68)69-62-26-2-5-29-65(62)74(71(67)69,39-51-15-9-21-57(33-51)45-78)40-52-16-10-22-58(34-52)46-79/h1-36H,37-48,76-81H2. The van der Waals surface area contributed by atoms with Gasteiger partial charge in [0.15, 0.2) is 0 Å². The van der Waals surface area contributed by atoms with E-state index in [1.54, 1.807) is 0 Å². The second kappa shape index (κ2) is 21.5. The van der Waals surface area contributed by atoms with Crippen LogP contribution in [-0.2, 0) is 94.0 Å². The molecule has 0 radical (unpaired) electrons. The summed E-state index contributed by atoms with van der Waals surface area (Å²) in [4.78, 5) is 0. The predicted molar refractivity (Wildman–Crippen MR) is 333 cm³/mol. The van der Waals surface area contributed by atoms with Crippen LogP contribution in [0.3, 0.4) is 0 Å². The van der Waals surface area contributed by atoms with Crippen molar-refractivity contribution in [1.82, 2.24) is 0 Å². The number of hydrogen-bond donors (Lipinski definition) is 6. The number of fused-ring (bicyclic) bond motifs is 12. The van der Waals surface area contributed by atoms with Crippen molar-refractivity contribution < 1.29 is 0 Å². The Hall–Kier alpha value is -8.04. The Morgan fingerprint density at radius 1 is 0.210 bits per heavy atom. The molecular weight excluding hydrogens is 985 g/mol. The zero-order valence-electron chi connectivity index (χ0n) is 46.2. The van der Waals surface area contributed by atoms with Crippen molar-refractivity contribution in [2.45, 2.75) is 94.0 Å². The lowest BCUT2D eigenvalue weighted by atomic mass is 9.62. The van der Waals surface area contributed by atoms with Crippen LogP contribution in [0.1, 0.15) is 100 Å². The van der Waals surface area contributed by atoms with Gasteiger partial charge in [0, 0.05) is 55.5 Å². The third-order valence-corrected chi connectivity index (χ3v) is 18.5. The second-order valence-corrected chi connectivity index (χ2v) is 23.3. The fourth-order valence-electron chi connectivity index (χ4n) is 15.3. The summed E-state index contributed by atoms with van der Waals surface area (Å²) < 4.78 is 0.